The van der Waals surface area contributed by atoms with Gasteiger partial charge in [-0.15, -0.1) is 0 Å². The van der Waals surface area contributed by atoms with Crippen molar-refractivity contribution in [2.45, 2.75) is 27.3 Å². The van der Waals surface area contributed by atoms with Crippen LogP contribution in [0.4, 0.5) is 0 Å². The molecule has 2 heterocycles. The molecule has 0 radical (unpaired) electrons. The van der Waals surface area contributed by atoms with Crippen LogP contribution in [-0.2, 0) is 13.6 Å². The number of hydrogen-bond donors (Lipinski definition) is 0. The zero-order valence-electron chi connectivity index (χ0n) is 17.1. The van der Waals surface area contributed by atoms with E-state index < -0.39 is 0 Å². The van der Waals surface area contributed by atoms with Crippen LogP contribution in [0.5, 0.6) is 0 Å². The lowest BCUT2D eigenvalue weighted by Gasteiger charge is -2.06. The average Bonchev–Trinajstić information content (AvgIpc) is 3.19. The van der Waals surface area contributed by atoms with Crippen molar-refractivity contribution in [2.24, 2.45) is 7.05 Å². The Morgan fingerprint density at radius 2 is 1.79 bits per heavy atom. The number of rotatable bonds is 4. The van der Waals surface area contributed by atoms with Crippen LogP contribution in [0.2, 0.25) is 0 Å². The van der Waals surface area contributed by atoms with E-state index in [4.69, 9.17) is 5.10 Å². The zero-order chi connectivity index (χ0) is 20.5. The van der Waals surface area contributed by atoms with Gasteiger partial charge in [-0.05, 0) is 44.5 Å². The molecule has 4 rings (SSSR count). The summed E-state index contributed by atoms with van der Waals surface area (Å²) < 4.78 is 3.96. The number of fused-ring (bicyclic) bond motifs is 1. The molecule has 0 aliphatic rings. The summed E-state index contributed by atoms with van der Waals surface area (Å²) in [6.07, 6.45) is 1.91. The monoisotopic (exact) mass is 381 g/mol. The Kier molecular flexibility index (Phi) is 4.77. The highest BCUT2D eigenvalue weighted by molar-refractivity contribution is 5.91. The molecule has 0 saturated carbocycles. The Morgan fingerprint density at radius 3 is 2.48 bits per heavy atom. The maximum atomic E-state index is 9.84. The van der Waals surface area contributed by atoms with Crippen molar-refractivity contribution in [2.75, 3.05) is 0 Å². The minimum atomic E-state index is 0.532. The standard InChI is InChI=1S/C24H23N5/c1-16-9-11-19(12-10-16)15-29-18(3)21(17(2)27-29)13-20(14-25)24-26-22-7-5-6-8-23(22)28(24)4/h5-13H,15H2,1-4H3/b20-13+. The van der Waals surface area contributed by atoms with Gasteiger partial charge in [0, 0.05) is 18.3 Å². The number of nitrogens with zero attached hydrogens (tertiary/aromatic N) is 5. The molecule has 0 unspecified atom stereocenters. The molecule has 0 aliphatic carbocycles. The minimum Gasteiger partial charge on any atom is -0.327 e. The molecule has 0 amide bonds. The van der Waals surface area contributed by atoms with Crippen LogP contribution in [0.15, 0.2) is 48.5 Å². The van der Waals surface area contributed by atoms with E-state index in [9.17, 15) is 5.26 Å². The fourth-order valence-electron chi connectivity index (χ4n) is 3.62. The highest BCUT2D eigenvalue weighted by Gasteiger charge is 2.15. The van der Waals surface area contributed by atoms with Gasteiger partial charge < -0.3 is 4.57 Å². The highest BCUT2D eigenvalue weighted by Crippen LogP contribution is 2.25. The van der Waals surface area contributed by atoms with E-state index in [0.29, 0.717) is 17.9 Å². The van der Waals surface area contributed by atoms with Gasteiger partial charge in [0.2, 0.25) is 0 Å². The first kappa shape index (κ1) is 18.7. The molecule has 0 fully saturated rings. The summed E-state index contributed by atoms with van der Waals surface area (Å²) in [5, 5.41) is 14.6. The molecule has 2 aromatic carbocycles. The molecule has 29 heavy (non-hydrogen) atoms. The second kappa shape index (κ2) is 7.40. The van der Waals surface area contributed by atoms with Crippen molar-refractivity contribution in [3.05, 3.63) is 82.4 Å². The molecule has 0 saturated heterocycles. The maximum absolute atomic E-state index is 9.84. The number of allylic oxidation sites excluding steroid dienone is 1. The van der Waals surface area contributed by atoms with Crippen molar-refractivity contribution in [3.8, 4) is 6.07 Å². The van der Waals surface area contributed by atoms with Crippen LogP contribution in [-0.4, -0.2) is 19.3 Å². The molecule has 144 valence electrons. The Labute approximate surface area is 170 Å². The van der Waals surface area contributed by atoms with Gasteiger partial charge in [-0.3, -0.25) is 4.68 Å². The van der Waals surface area contributed by atoms with Gasteiger partial charge in [0.05, 0.1) is 28.8 Å². The predicted molar refractivity (Wildman–Crippen MR) is 116 cm³/mol. The van der Waals surface area contributed by atoms with E-state index in [-0.39, 0.29) is 0 Å². The molecular formula is C24H23N5. The first-order valence-corrected chi connectivity index (χ1v) is 9.61. The summed E-state index contributed by atoms with van der Waals surface area (Å²) in [4.78, 5) is 4.67. The molecule has 0 atom stereocenters. The third-order valence-electron chi connectivity index (χ3n) is 5.33. The third-order valence-corrected chi connectivity index (χ3v) is 5.33. The molecule has 5 heteroatoms. The summed E-state index contributed by atoms with van der Waals surface area (Å²) in [5.74, 6) is 0.666. The highest BCUT2D eigenvalue weighted by atomic mass is 15.3. The molecule has 0 spiro atoms. The van der Waals surface area contributed by atoms with E-state index in [1.165, 1.54) is 11.1 Å². The smallest absolute Gasteiger partial charge is 0.151 e. The number of nitriles is 1. The van der Waals surface area contributed by atoms with Gasteiger partial charge in [0.1, 0.15) is 6.07 Å². The third kappa shape index (κ3) is 3.45. The van der Waals surface area contributed by atoms with Crippen LogP contribution in [0.1, 0.15) is 33.9 Å². The summed E-state index contributed by atoms with van der Waals surface area (Å²) in [7, 11) is 1.94. The predicted octanol–water partition coefficient (Wildman–Crippen LogP) is 4.81. The minimum absolute atomic E-state index is 0.532. The van der Waals surface area contributed by atoms with E-state index in [0.717, 1.165) is 28.0 Å². The Hall–Kier alpha value is -3.65. The Morgan fingerprint density at radius 1 is 1.07 bits per heavy atom. The van der Waals surface area contributed by atoms with Crippen molar-refractivity contribution in [3.63, 3.8) is 0 Å². The number of aryl methyl sites for hydroxylation is 3. The lowest BCUT2D eigenvalue weighted by molar-refractivity contribution is 0.659. The molecule has 2 aromatic heterocycles. The van der Waals surface area contributed by atoms with E-state index >= 15 is 0 Å². The average molecular weight is 381 g/mol. The van der Waals surface area contributed by atoms with Crippen LogP contribution in [0.3, 0.4) is 0 Å². The fourth-order valence-corrected chi connectivity index (χ4v) is 3.62. The summed E-state index contributed by atoms with van der Waals surface area (Å²) in [6.45, 7) is 6.81. The molecule has 4 aromatic rings. The van der Waals surface area contributed by atoms with E-state index in [1.54, 1.807) is 0 Å². The second-order valence-corrected chi connectivity index (χ2v) is 7.38. The maximum Gasteiger partial charge on any atom is 0.151 e. The Balaban J connectivity index is 1.74. The number of para-hydroxylation sites is 2. The molecule has 5 nitrogen and oxygen atoms in total. The van der Waals surface area contributed by atoms with Crippen molar-refractivity contribution in [1.29, 1.82) is 5.26 Å². The first-order chi connectivity index (χ1) is 14.0. The lowest BCUT2D eigenvalue weighted by atomic mass is 10.1. The van der Waals surface area contributed by atoms with Gasteiger partial charge >= 0.3 is 0 Å². The van der Waals surface area contributed by atoms with Crippen LogP contribution in [0, 0.1) is 32.1 Å². The first-order valence-electron chi connectivity index (χ1n) is 9.61. The summed E-state index contributed by atoms with van der Waals surface area (Å²) in [5.41, 5.74) is 7.78. The van der Waals surface area contributed by atoms with Gasteiger partial charge in [-0.1, -0.05) is 42.0 Å². The number of imidazole rings is 1. The largest absolute Gasteiger partial charge is 0.327 e. The van der Waals surface area contributed by atoms with Gasteiger partial charge in [0.15, 0.2) is 5.82 Å². The summed E-state index contributed by atoms with van der Waals surface area (Å²) in [6, 6.07) is 18.7. The fraction of sp³-hybridized carbons (Fsp3) is 0.208. The van der Waals surface area contributed by atoms with Gasteiger partial charge in [-0.2, -0.15) is 10.4 Å². The molecule has 0 aliphatic heterocycles. The van der Waals surface area contributed by atoms with E-state index in [1.807, 2.05) is 60.5 Å². The lowest BCUT2D eigenvalue weighted by Crippen LogP contribution is -2.04. The van der Waals surface area contributed by atoms with Gasteiger partial charge in [0.25, 0.3) is 0 Å². The zero-order valence-corrected chi connectivity index (χ0v) is 17.1. The number of benzene rings is 2. The van der Waals surface area contributed by atoms with E-state index in [2.05, 4.69) is 42.2 Å². The quantitative estimate of drug-likeness (QED) is 0.477. The topological polar surface area (TPSA) is 59.4 Å². The number of aromatic nitrogens is 4. The van der Waals surface area contributed by atoms with Crippen molar-refractivity contribution in [1.82, 2.24) is 19.3 Å². The molecule has 0 bridgehead atoms. The normalized spacial score (nSPS) is 11.8. The molecule has 0 N–H and O–H groups in total. The number of hydrogen-bond acceptors (Lipinski definition) is 3. The van der Waals surface area contributed by atoms with Crippen LogP contribution < -0.4 is 0 Å². The summed E-state index contributed by atoms with van der Waals surface area (Å²) >= 11 is 0. The second-order valence-electron chi connectivity index (χ2n) is 7.38. The van der Waals surface area contributed by atoms with Crippen molar-refractivity contribution >= 4 is 22.7 Å². The Bertz CT molecular complexity index is 1260. The van der Waals surface area contributed by atoms with Crippen LogP contribution >= 0.6 is 0 Å². The van der Waals surface area contributed by atoms with Crippen molar-refractivity contribution < 1.29 is 0 Å². The van der Waals surface area contributed by atoms with Crippen LogP contribution in [0.25, 0.3) is 22.7 Å². The SMILES string of the molecule is Cc1ccc(Cn2nc(C)c(/C=C(\C#N)c3nc4ccccc4n3C)c2C)cc1. The molecular weight excluding hydrogens is 358 g/mol. The van der Waals surface area contributed by atoms with Gasteiger partial charge in [-0.25, -0.2) is 4.98 Å².